The first kappa shape index (κ1) is 14.3. The molecule has 1 saturated carbocycles. The minimum atomic E-state index is 0.314. The van der Waals surface area contributed by atoms with E-state index in [4.69, 9.17) is 0 Å². The van der Waals surface area contributed by atoms with Crippen LogP contribution in [0.3, 0.4) is 0 Å². The van der Waals surface area contributed by atoms with Gasteiger partial charge in [0.1, 0.15) is 0 Å². The molecule has 0 heteroatoms. The first-order valence-electron chi connectivity index (χ1n) is 8.92. The second-order valence-corrected chi connectivity index (χ2v) is 8.70. The van der Waals surface area contributed by atoms with E-state index in [2.05, 4.69) is 64.1 Å². The molecule has 2 unspecified atom stereocenters. The predicted octanol–water partition coefficient (Wildman–Crippen LogP) is 6.03. The van der Waals surface area contributed by atoms with Crippen LogP contribution < -0.4 is 0 Å². The van der Waals surface area contributed by atoms with Crippen LogP contribution in [0.25, 0.3) is 5.57 Å². The maximum absolute atomic E-state index is 2.49. The van der Waals surface area contributed by atoms with Gasteiger partial charge in [-0.1, -0.05) is 69.7 Å². The fourth-order valence-corrected chi connectivity index (χ4v) is 5.09. The summed E-state index contributed by atoms with van der Waals surface area (Å²) in [6.45, 7) is 9.86. The molecule has 1 fully saturated rings. The number of hydrogen-bond donors (Lipinski definition) is 0. The minimum Gasteiger partial charge on any atom is -0.0620 e. The molecule has 0 radical (unpaired) electrons. The first-order chi connectivity index (χ1) is 10.4. The third-order valence-corrected chi connectivity index (χ3v) is 7.27. The van der Waals surface area contributed by atoms with Gasteiger partial charge in [-0.15, -0.1) is 0 Å². The van der Waals surface area contributed by atoms with Crippen LogP contribution in [0, 0.1) is 22.7 Å². The molecule has 0 saturated heterocycles. The van der Waals surface area contributed by atoms with Crippen LogP contribution in [0.1, 0.15) is 58.1 Å². The molecule has 22 heavy (non-hydrogen) atoms. The first-order valence-corrected chi connectivity index (χ1v) is 8.92. The summed E-state index contributed by atoms with van der Waals surface area (Å²) < 4.78 is 0. The van der Waals surface area contributed by atoms with Crippen molar-refractivity contribution in [2.24, 2.45) is 22.7 Å². The summed E-state index contributed by atoms with van der Waals surface area (Å²) in [6.07, 6.45) is 10.3. The van der Waals surface area contributed by atoms with Gasteiger partial charge in [0, 0.05) is 0 Å². The lowest BCUT2D eigenvalue weighted by Gasteiger charge is -2.54. The molecule has 1 aromatic rings. The van der Waals surface area contributed by atoms with Gasteiger partial charge in [-0.3, -0.25) is 0 Å². The molecule has 0 heterocycles. The quantitative estimate of drug-likeness (QED) is 0.547. The lowest BCUT2D eigenvalue weighted by atomic mass is 9.50. The van der Waals surface area contributed by atoms with Gasteiger partial charge in [0.2, 0.25) is 0 Å². The van der Waals surface area contributed by atoms with E-state index in [0.717, 1.165) is 11.8 Å². The highest BCUT2D eigenvalue weighted by atomic mass is 14.5. The monoisotopic (exact) mass is 292 g/mol. The van der Waals surface area contributed by atoms with Crippen LogP contribution in [0.15, 0.2) is 42.0 Å². The largest absolute Gasteiger partial charge is 0.0620 e. The van der Waals surface area contributed by atoms with Crippen LogP contribution in [0.4, 0.5) is 0 Å². The molecule has 0 bridgehead atoms. The lowest BCUT2D eigenvalue weighted by Crippen LogP contribution is -2.44. The Morgan fingerprint density at radius 3 is 2.50 bits per heavy atom. The Labute approximate surface area is 135 Å². The number of fused-ring (bicyclic) bond motifs is 5. The van der Waals surface area contributed by atoms with Gasteiger partial charge in [0.15, 0.2) is 0 Å². The van der Waals surface area contributed by atoms with E-state index in [1.807, 2.05) is 0 Å². The smallest absolute Gasteiger partial charge is 0.00868 e. The Kier molecular flexibility index (Phi) is 2.99. The van der Waals surface area contributed by atoms with E-state index in [0.29, 0.717) is 10.8 Å². The maximum atomic E-state index is 2.49. The fourth-order valence-electron chi connectivity index (χ4n) is 5.09. The van der Waals surface area contributed by atoms with Gasteiger partial charge in [-0.05, 0) is 65.0 Å². The summed E-state index contributed by atoms with van der Waals surface area (Å²) in [7, 11) is 0. The molecule has 3 aliphatic carbocycles. The van der Waals surface area contributed by atoms with Crippen molar-refractivity contribution in [1.82, 2.24) is 0 Å². The van der Waals surface area contributed by atoms with E-state index < -0.39 is 0 Å². The average molecular weight is 292 g/mol. The molecule has 0 nitrogen and oxygen atoms in total. The zero-order valence-electron chi connectivity index (χ0n) is 14.4. The molecule has 2 atom stereocenters. The van der Waals surface area contributed by atoms with Gasteiger partial charge in [-0.25, -0.2) is 0 Å². The topological polar surface area (TPSA) is 0 Å². The summed E-state index contributed by atoms with van der Waals surface area (Å²) in [5.74, 6) is 1.53. The summed E-state index contributed by atoms with van der Waals surface area (Å²) >= 11 is 0. The Bertz CT molecular complexity index is 669. The van der Waals surface area contributed by atoms with Crippen LogP contribution >= 0.6 is 0 Å². The van der Waals surface area contributed by atoms with Crippen LogP contribution in [-0.2, 0) is 6.42 Å². The number of allylic oxidation sites excluding steroid dienone is 4. The van der Waals surface area contributed by atoms with Gasteiger partial charge >= 0.3 is 0 Å². The Balaban J connectivity index is 1.82. The summed E-state index contributed by atoms with van der Waals surface area (Å²) in [4.78, 5) is 0. The van der Waals surface area contributed by atoms with Crippen molar-refractivity contribution in [2.75, 3.05) is 0 Å². The third-order valence-electron chi connectivity index (χ3n) is 7.27. The standard InChI is InChI=1S/C22H28/c1-21(2)14-13-19-18-10-9-15-7-5-6-8-16(15)17(18)11-12-20(19)22(21,3)4/h5-8,11-12,18-19H,9-10,13-14H2,1-4H3. The highest BCUT2D eigenvalue weighted by molar-refractivity contribution is 5.75. The van der Waals surface area contributed by atoms with E-state index in [-0.39, 0.29) is 0 Å². The summed E-state index contributed by atoms with van der Waals surface area (Å²) in [6, 6.07) is 9.05. The molecule has 0 amide bonds. The van der Waals surface area contributed by atoms with E-state index in [1.54, 1.807) is 16.7 Å². The van der Waals surface area contributed by atoms with Crippen molar-refractivity contribution in [1.29, 1.82) is 0 Å². The van der Waals surface area contributed by atoms with Crippen LogP contribution in [0.2, 0.25) is 0 Å². The number of rotatable bonds is 0. The van der Waals surface area contributed by atoms with E-state index in [1.165, 1.54) is 31.2 Å². The SMILES string of the molecule is CC1(C)CCC2C(=CC=C3c4ccccc4CCC32)C1(C)C. The van der Waals surface area contributed by atoms with E-state index in [9.17, 15) is 0 Å². The zero-order valence-corrected chi connectivity index (χ0v) is 14.4. The van der Waals surface area contributed by atoms with Gasteiger partial charge in [0.05, 0.1) is 0 Å². The van der Waals surface area contributed by atoms with Crippen LogP contribution in [0.5, 0.6) is 0 Å². The molecule has 0 aliphatic heterocycles. The molecule has 116 valence electrons. The number of hydrogen-bond acceptors (Lipinski definition) is 0. The minimum absolute atomic E-state index is 0.314. The molecular weight excluding hydrogens is 264 g/mol. The summed E-state index contributed by atoms with van der Waals surface area (Å²) in [5.41, 5.74) is 7.14. The van der Waals surface area contributed by atoms with Crippen molar-refractivity contribution < 1.29 is 0 Å². The van der Waals surface area contributed by atoms with Crippen molar-refractivity contribution in [3.8, 4) is 0 Å². The number of aryl methyl sites for hydroxylation is 1. The second kappa shape index (κ2) is 4.60. The zero-order chi connectivity index (χ0) is 15.5. The molecule has 3 aliphatic rings. The van der Waals surface area contributed by atoms with Crippen molar-refractivity contribution in [3.63, 3.8) is 0 Å². The fraction of sp³-hybridized carbons (Fsp3) is 0.545. The normalized spacial score (nSPS) is 31.3. The van der Waals surface area contributed by atoms with Crippen molar-refractivity contribution in [3.05, 3.63) is 53.1 Å². The number of benzene rings is 1. The van der Waals surface area contributed by atoms with Crippen LogP contribution in [-0.4, -0.2) is 0 Å². The Hall–Kier alpha value is -1.30. The molecule has 0 aromatic heterocycles. The predicted molar refractivity (Wildman–Crippen MR) is 94.6 cm³/mol. The summed E-state index contributed by atoms with van der Waals surface area (Å²) in [5, 5.41) is 0. The van der Waals surface area contributed by atoms with Gasteiger partial charge in [-0.2, -0.15) is 0 Å². The molecule has 4 rings (SSSR count). The van der Waals surface area contributed by atoms with Crippen molar-refractivity contribution in [2.45, 2.75) is 53.4 Å². The highest BCUT2D eigenvalue weighted by Crippen LogP contribution is 2.60. The Morgan fingerprint density at radius 1 is 0.909 bits per heavy atom. The second-order valence-electron chi connectivity index (χ2n) is 8.70. The molecule has 0 N–H and O–H groups in total. The Morgan fingerprint density at radius 2 is 1.68 bits per heavy atom. The average Bonchev–Trinajstić information content (AvgIpc) is 2.50. The third kappa shape index (κ3) is 1.82. The van der Waals surface area contributed by atoms with E-state index >= 15 is 0 Å². The van der Waals surface area contributed by atoms with Gasteiger partial charge < -0.3 is 0 Å². The van der Waals surface area contributed by atoms with Gasteiger partial charge in [0.25, 0.3) is 0 Å². The van der Waals surface area contributed by atoms with Crippen molar-refractivity contribution >= 4 is 5.57 Å². The maximum Gasteiger partial charge on any atom is -0.00868 e. The molecule has 0 spiro atoms. The highest BCUT2D eigenvalue weighted by Gasteiger charge is 2.49. The molecule has 1 aromatic carbocycles. The lowest BCUT2D eigenvalue weighted by molar-refractivity contribution is 0.0706. The molecular formula is C22H28.